The molecule has 0 aliphatic rings. The van der Waals surface area contributed by atoms with Gasteiger partial charge in [0.2, 0.25) is 0 Å². The second kappa shape index (κ2) is 2.60. The van der Waals surface area contributed by atoms with Gasteiger partial charge in [-0.25, -0.2) is 4.98 Å². The fraction of sp³-hybridized carbons (Fsp3) is 0. The van der Waals surface area contributed by atoms with Gasteiger partial charge in [-0.05, 0) is 18.2 Å². The third kappa shape index (κ3) is 1.08. The van der Waals surface area contributed by atoms with E-state index in [1.165, 1.54) is 0 Å². The van der Waals surface area contributed by atoms with Crippen molar-refractivity contribution in [2.24, 2.45) is 0 Å². The first kappa shape index (κ1) is 7.31. The van der Waals surface area contributed by atoms with Gasteiger partial charge in [-0.3, -0.25) is 0 Å². The Morgan fingerprint density at radius 2 is 2.33 bits per heavy atom. The Bertz CT molecular complexity index is 433. The van der Waals surface area contributed by atoms with E-state index in [-0.39, 0.29) is 5.76 Å². The normalized spacial score (nSPS) is 10.3. The van der Waals surface area contributed by atoms with Crippen molar-refractivity contribution in [1.29, 1.82) is 0 Å². The zero-order valence-electron chi connectivity index (χ0n) is 6.32. The molecule has 2 aromatic rings. The third-order valence-electron chi connectivity index (χ3n) is 1.66. The Morgan fingerprint density at radius 1 is 1.50 bits per heavy atom. The minimum Gasteiger partial charge on any atom is -0.508 e. The van der Waals surface area contributed by atoms with Gasteiger partial charge in [0, 0.05) is 5.56 Å². The number of aliphatic hydroxyl groups is 1. The van der Waals surface area contributed by atoms with Gasteiger partial charge in [-0.15, -0.1) is 11.3 Å². The lowest BCUT2D eigenvalue weighted by molar-refractivity contribution is 0.514. The maximum atomic E-state index is 9.10. The number of aromatic nitrogens is 1. The summed E-state index contributed by atoms with van der Waals surface area (Å²) in [6.07, 6.45) is 0. The molecular formula is C9H7NOS. The van der Waals surface area contributed by atoms with Gasteiger partial charge in [0.1, 0.15) is 5.76 Å². The Balaban J connectivity index is 2.68. The first-order valence-corrected chi connectivity index (χ1v) is 4.37. The highest BCUT2D eigenvalue weighted by Crippen LogP contribution is 2.20. The molecule has 0 saturated heterocycles. The van der Waals surface area contributed by atoms with E-state index in [2.05, 4.69) is 11.6 Å². The van der Waals surface area contributed by atoms with Crippen LogP contribution in [0.5, 0.6) is 0 Å². The third-order valence-corrected chi connectivity index (χ3v) is 2.47. The fourth-order valence-electron chi connectivity index (χ4n) is 1.04. The van der Waals surface area contributed by atoms with Crippen LogP contribution in [-0.4, -0.2) is 10.1 Å². The molecule has 0 aliphatic heterocycles. The van der Waals surface area contributed by atoms with Crippen molar-refractivity contribution >= 4 is 27.3 Å². The lowest BCUT2D eigenvalue weighted by Gasteiger charge is -1.96. The monoisotopic (exact) mass is 177 g/mol. The van der Waals surface area contributed by atoms with Crippen molar-refractivity contribution in [1.82, 2.24) is 4.98 Å². The number of hydrogen-bond acceptors (Lipinski definition) is 3. The number of nitrogens with zero attached hydrogens (tertiary/aromatic N) is 1. The number of hydrogen-bond donors (Lipinski definition) is 1. The molecule has 2 rings (SSSR count). The predicted octanol–water partition coefficient (Wildman–Crippen LogP) is 2.83. The molecule has 1 aromatic carbocycles. The number of rotatable bonds is 1. The molecule has 0 atom stereocenters. The van der Waals surface area contributed by atoms with Crippen LogP contribution in [-0.2, 0) is 0 Å². The van der Waals surface area contributed by atoms with Crippen molar-refractivity contribution in [3.63, 3.8) is 0 Å². The van der Waals surface area contributed by atoms with E-state index in [9.17, 15) is 0 Å². The van der Waals surface area contributed by atoms with Crippen LogP contribution in [0.4, 0.5) is 0 Å². The Kier molecular flexibility index (Phi) is 1.59. The molecule has 1 aromatic heterocycles. The van der Waals surface area contributed by atoms with E-state index in [0.29, 0.717) is 0 Å². The molecule has 1 N–H and O–H groups in total. The van der Waals surface area contributed by atoms with E-state index in [4.69, 9.17) is 5.11 Å². The lowest BCUT2D eigenvalue weighted by atomic mass is 10.2. The molecule has 0 bridgehead atoms. The maximum Gasteiger partial charge on any atom is 0.115 e. The highest BCUT2D eigenvalue weighted by Gasteiger charge is 1.99. The summed E-state index contributed by atoms with van der Waals surface area (Å²) in [6.45, 7) is 3.45. The zero-order valence-corrected chi connectivity index (χ0v) is 7.14. The SMILES string of the molecule is C=C(O)c1ccc2scnc2c1. The average Bonchev–Trinajstić information content (AvgIpc) is 2.49. The number of thiazole rings is 1. The van der Waals surface area contributed by atoms with Crippen LogP contribution < -0.4 is 0 Å². The van der Waals surface area contributed by atoms with E-state index >= 15 is 0 Å². The van der Waals surface area contributed by atoms with Crippen molar-refractivity contribution in [3.05, 3.63) is 35.9 Å². The van der Waals surface area contributed by atoms with Crippen molar-refractivity contribution in [3.8, 4) is 0 Å². The Morgan fingerprint density at radius 3 is 3.08 bits per heavy atom. The summed E-state index contributed by atoms with van der Waals surface area (Å²) in [5.74, 6) is 0.0879. The Hall–Kier alpha value is -1.35. The lowest BCUT2D eigenvalue weighted by Crippen LogP contribution is -1.79. The van der Waals surface area contributed by atoms with Crippen LogP contribution in [0.25, 0.3) is 16.0 Å². The van der Waals surface area contributed by atoms with E-state index in [1.807, 2.05) is 18.2 Å². The number of fused-ring (bicyclic) bond motifs is 1. The molecular weight excluding hydrogens is 170 g/mol. The van der Waals surface area contributed by atoms with Gasteiger partial charge in [-0.1, -0.05) is 6.58 Å². The summed E-state index contributed by atoms with van der Waals surface area (Å²) < 4.78 is 1.13. The molecule has 60 valence electrons. The second-order valence-corrected chi connectivity index (χ2v) is 3.37. The standard InChI is InChI=1S/C9H7NOS/c1-6(11)7-2-3-9-8(4-7)10-5-12-9/h2-5,11H,1H2. The molecule has 0 aliphatic carbocycles. The van der Waals surface area contributed by atoms with E-state index in [0.717, 1.165) is 15.8 Å². The first-order valence-electron chi connectivity index (χ1n) is 3.49. The molecule has 0 saturated carbocycles. The van der Waals surface area contributed by atoms with Crippen LogP contribution in [0, 0.1) is 0 Å². The van der Waals surface area contributed by atoms with Crippen LogP contribution >= 0.6 is 11.3 Å². The molecule has 12 heavy (non-hydrogen) atoms. The van der Waals surface area contributed by atoms with Gasteiger partial charge in [-0.2, -0.15) is 0 Å². The molecule has 0 unspecified atom stereocenters. The minimum atomic E-state index is 0.0879. The van der Waals surface area contributed by atoms with Gasteiger partial charge in [0.25, 0.3) is 0 Å². The van der Waals surface area contributed by atoms with Gasteiger partial charge in [0.15, 0.2) is 0 Å². The van der Waals surface area contributed by atoms with Crippen LogP contribution in [0.3, 0.4) is 0 Å². The average molecular weight is 177 g/mol. The zero-order chi connectivity index (χ0) is 8.55. The maximum absolute atomic E-state index is 9.10. The van der Waals surface area contributed by atoms with Crippen molar-refractivity contribution < 1.29 is 5.11 Å². The van der Waals surface area contributed by atoms with Gasteiger partial charge in [0.05, 0.1) is 15.7 Å². The summed E-state index contributed by atoms with van der Waals surface area (Å²) >= 11 is 1.59. The van der Waals surface area contributed by atoms with Crippen molar-refractivity contribution in [2.45, 2.75) is 0 Å². The summed E-state index contributed by atoms with van der Waals surface area (Å²) in [7, 11) is 0. The number of aliphatic hydroxyl groups excluding tert-OH is 1. The quantitative estimate of drug-likeness (QED) is 0.679. The van der Waals surface area contributed by atoms with Crippen LogP contribution in [0.2, 0.25) is 0 Å². The minimum absolute atomic E-state index is 0.0879. The van der Waals surface area contributed by atoms with E-state index < -0.39 is 0 Å². The molecule has 3 heteroatoms. The molecule has 0 amide bonds. The highest BCUT2D eigenvalue weighted by molar-refractivity contribution is 7.16. The largest absolute Gasteiger partial charge is 0.508 e. The molecule has 0 fully saturated rings. The van der Waals surface area contributed by atoms with Gasteiger partial charge >= 0.3 is 0 Å². The van der Waals surface area contributed by atoms with E-state index in [1.54, 1.807) is 16.8 Å². The second-order valence-electron chi connectivity index (χ2n) is 2.48. The summed E-state index contributed by atoms with van der Waals surface area (Å²) in [4.78, 5) is 4.13. The highest BCUT2D eigenvalue weighted by atomic mass is 32.1. The van der Waals surface area contributed by atoms with Crippen LogP contribution in [0.1, 0.15) is 5.56 Å². The smallest absolute Gasteiger partial charge is 0.115 e. The van der Waals surface area contributed by atoms with Crippen LogP contribution in [0.15, 0.2) is 30.3 Å². The number of benzene rings is 1. The van der Waals surface area contributed by atoms with Crippen molar-refractivity contribution in [2.75, 3.05) is 0 Å². The molecule has 0 radical (unpaired) electrons. The molecule has 1 heterocycles. The Labute approximate surface area is 73.8 Å². The fourth-order valence-corrected chi connectivity index (χ4v) is 1.70. The summed E-state index contributed by atoms with van der Waals surface area (Å²) in [6, 6.07) is 5.60. The molecule has 0 spiro atoms. The summed E-state index contributed by atoms with van der Waals surface area (Å²) in [5.41, 5.74) is 3.43. The first-order chi connectivity index (χ1) is 5.77. The van der Waals surface area contributed by atoms with Gasteiger partial charge < -0.3 is 5.11 Å². The predicted molar refractivity (Wildman–Crippen MR) is 51.3 cm³/mol. The topological polar surface area (TPSA) is 33.1 Å². The molecule has 2 nitrogen and oxygen atoms in total. The summed E-state index contributed by atoms with van der Waals surface area (Å²) in [5, 5.41) is 9.10.